The van der Waals surface area contributed by atoms with E-state index in [9.17, 15) is 14.7 Å². The van der Waals surface area contributed by atoms with Gasteiger partial charge >= 0.3 is 12.0 Å². The first-order chi connectivity index (χ1) is 9.04. The molecular weight excluding hydrogens is 264 g/mol. The topological polar surface area (TPSA) is 78.4 Å². The molecule has 5 nitrogen and oxygen atoms in total. The molecule has 0 saturated heterocycles. The first-order valence-corrected chi connectivity index (χ1v) is 7.24. The smallest absolute Gasteiger partial charge is 0.329 e. The Kier molecular flexibility index (Phi) is 5.82. The average Bonchev–Trinajstić information content (AvgIpc) is 2.89. The zero-order valence-electron chi connectivity index (χ0n) is 11.2. The van der Waals surface area contributed by atoms with E-state index in [-0.39, 0.29) is 0 Å². The molecule has 2 amide bonds. The van der Waals surface area contributed by atoms with Crippen molar-refractivity contribution in [2.24, 2.45) is 0 Å². The number of thiophene rings is 1. The number of carbonyl (C=O) groups excluding carboxylic acids is 1. The number of carbonyl (C=O) groups is 2. The lowest BCUT2D eigenvalue weighted by Gasteiger charge is -2.28. The highest BCUT2D eigenvalue weighted by Gasteiger charge is 2.36. The molecule has 19 heavy (non-hydrogen) atoms. The minimum Gasteiger partial charge on any atom is -0.480 e. The SMILES string of the molecule is CCC(CC)(NC(=O)NCCc1cccs1)C(=O)O. The number of amides is 2. The van der Waals surface area contributed by atoms with E-state index >= 15 is 0 Å². The van der Waals surface area contributed by atoms with Gasteiger partial charge in [-0.05, 0) is 30.7 Å². The summed E-state index contributed by atoms with van der Waals surface area (Å²) in [5.41, 5.74) is -1.17. The molecule has 3 N–H and O–H groups in total. The minimum atomic E-state index is -1.17. The molecule has 0 fully saturated rings. The third-order valence-corrected chi connectivity index (χ3v) is 4.14. The number of rotatable bonds is 7. The first kappa shape index (κ1) is 15.5. The second kappa shape index (κ2) is 7.13. The summed E-state index contributed by atoms with van der Waals surface area (Å²) in [7, 11) is 0. The van der Waals surface area contributed by atoms with E-state index < -0.39 is 17.5 Å². The first-order valence-electron chi connectivity index (χ1n) is 6.36. The average molecular weight is 284 g/mol. The molecule has 0 atom stereocenters. The zero-order valence-corrected chi connectivity index (χ0v) is 12.0. The highest BCUT2D eigenvalue weighted by Crippen LogP contribution is 2.15. The van der Waals surface area contributed by atoms with Crippen molar-refractivity contribution in [3.63, 3.8) is 0 Å². The van der Waals surface area contributed by atoms with Crippen LogP contribution in [-0.4, -0.2) is 29.2 Å². The van der Waals surface area contributed by atoms with Crippen LogP contribution in [0.5, 0.6) is 0 Å². The van der Waals surface area contributed by atoms with Gasteiger partial charge in [-0.15, -0.1) is 11.3 Å². The zero-order chi connectivity index (χ0) is 14.3. The molecule has 0 spiro atoms. The lowest BCUT2D eigenvalue weighted by Crippen LogP contribution is -2.56. The molecule has 0 aliphatic carbocycles. The monoisotopic (exact) mass is 284 g/mol. The Morgan fingerprint density at radius 2 is 2.05 bits per heavy atom. The third-order valence-electron chi connectivity index (χ3n) is 3.21. The fourth-order valence-electron chi connectivity index (χ4n) is 1.80. The molecule has 0 aliphatic heterocycles. The summed E-state index contributed by atoms with van der Waals surface area (Å²) in [5, 5.41) is 16.4. The standard InChI is InChI=1S/C13H20N2O3S/c1-3-13(4-2,11(16)17)15-12(18)14-8-7-10-6-5-9-19-10/h5-6,9H,3-4,7-8H2,1-2H3,(H,16,17)(H2,14,15,18). The van der Waals surface area contributed by atoms with Crippen molar-refractivity contribution in [3.8, 4) is 0 Å². The number of carboxylic acid groups (broad SMARTS) is 1. The van der Waals surface area contributed by atoms with Crippen LogP contribution in [0.3, 0.4) is 0 Å². The Labute approximate surface area is 117 Å². The fourth-order valence-corrected chi connectivity index (χ4v) is 2.51. The van der Waals surface area contributed by atoms with Gasteiger partial charge < -0.3 is 15.7 Å². The summed E-state index contributed by atoms with van der Waals surface area (Å²) in [5.74, 6) is -0.995. The lowest BCUT2D eigenvalue weighted by molar-refractivity contribution is -0.144. The van der Waals surface area contributed by atoms with Gasteiger partial charge in [-0.1, -0.05) is 19.9 Å². The van der Waals surface area contributed by atoms with E-state index in [1.807, 2.05) is 17.5 Å². The van der Waals surface area contributed by atoms with Crippen LogP contribution in [0, 0.1) is 0 Å². The molecule has 1 heterocycles. The lowest BCUT2D eigenvalue weighted by atomic mass is 9.93. The van der Waals surface area contributed by atoms with Crippen molar-refractivity contribution in [1.82, 2.24) is 10.6 Å². The van der Waals surface area contributed by atoms with Crippen molar-refractivity contribution in [2.75, 3.05) is 6.54 Å². The predicted octanol–water partition coefficient (Wildman–Crippen LogP) is 2.23. The van der Waals surface area contributed by atoms with Crippen LogP contribution < -0.4 is 10.6 Å². The molecule has 1 aromatic heterocycles. The van der Waals surface area contributed by atoms with E-state index in [0.29, 0.717) is 19.4 Å². The molecule has 0 radical (unpaired) electrons. The van der Waals surface area contributed by atoms with E-state index in [1.54, 1.807) is 25.2 Å². The fraction of sp³-hybridized carbons (Fsp3) is 0.538. The van der Waals surface area contributed by atoms with Crippen molar-refractivity contribution in [2.45, 2.75) is 38.6 Å². The normalized spacial score (nSPS) is 11.1. The maximum Gasteiger partial charge on any atom is 0.329 e. The molecule has 0 unspecified atom stereocenters. The van der Waals surface area contributed by atoms with Crippen molar-refractivity contribution in [3.05, 3.63) is 22.4 Å². The van der Waals surface area contributed by atoms with Crippen molar-refractivity contribution in [1.29, 1.82) is 0 Å². The van der Waals surface area contributed by atoms with Crippen LogP contribution in [0.1, 0.15) is 31.6 Å². The van der Waals surface area contributed by atoms with Gasteiger partial charge in [0, 0.05) is 11.4 Å². The van der Waals surface area contributed by atoms with E-state index in [4.69, 9.17) is 0 Å². The number of nitrogens with one attached hydrogen (secondary N) is 2. The minimum absolute atomic E-state index is 0.358. The summed E-state index contributed by atoms with van der Waals surface area (Å²) in [4.78, 5) is 24.2. The molecule has 0 aromatic carbocycles. The molecule has 106 valence electrons. The molecular formula is C13H20N2O3S. The van der Waals surface area contributed by atoms with Gasteiger partial charge in [0.05, 0.1) is 0 Å². The number of urea groups is 1. The maximum absolute atomic E-state index is 11.7. The summed E-state index contributed by atoms with van der Waals surface area (Å²) >= 11 is 1.64. The van der Waals surface area contributed by atoms with Gasteiger partial charge in [0.1, 0.15) is 5.54 Å². The Morgan fingerprint density at radius 1 is 1.37 bits per heavy atom. The molecule has 1 aromatic rings. The molecule has 0 bridgehead atoms. The van der Waals surface area contributed by atoms with Crippen LogP contribution >= 0.6 is 11.3 Å². The maximum atomic E-state index is 11.7. The Morgan fingerprint density at radius 3 is 2.53 bits per heavy atom. The quantitative estimate of drug-likeness (QED) is 0.718. The molecule has 6 heteroatoms. The van der Waals surface area contributed by atoms with Crippen molar-refractivity contribution >= 4 is 23.3 Å². The number of aliphatic carboxylic acids is 1. The third kappa shape index (κ3) is 4.24. The second-order valence-electron chi connectivity index (χ2n) is 4.30. The molecule has 1 rings (SSSR count). The van der Waals surface area contributed by atoms with Crippen LogP contribution in [0.15, 0.2) is 17.5 Å². The van der Waals surface area contributed by atoms with E-state index in [2.05, 4.69) is 10.6 Å². The van der Waals surface area contributed by atoms with Gasteiger partial charge in [-0.2, -0.15) is 0 Å². The van der Waals surface area contributed by atoms with Gasteiger partial charge in [-0.3, -0.25) is 0 Å². The molecule has 0 aliphatic rings. The second-order valence-corrected chi connectivity index (χ2v) is 5.34. The van der Waals surface area contributed by atoms with Crippen molar-refractivity contribution < 1.29 is 14.7 Å². The van der Waals surface area contributed by atoms with Gasteiger partial charge in [0.15, 0.2) is 0 Å². The van der Waals surface area contributed by atoms with E-state index in [1.165, 1.54) is 4.88 Å². The van der Waals surface area contributed by atoms with Gasteiger partial charge in [0.25, 0.3) is 0 Å². The van der Waals surface area contributed by atoms with Crippen LogP contribution in [0.2, 0.25) is 0 Å². The summed E-state index contributed by atoms with van der Waals surface area (Å²) in [6.07, 6.45) is 1.47. The Balaban J connectivity index is 2.43. The summed E-state index contributed by atoms with van der Waals surface area (Å²) in [6.45, 7) is 4.00. The number of hydrogen-bond donors (Lipinski definition) is 3. The van der Waals surface area contributed by atoms with Gasteiger partial charge in [0.2, 0.25) is 0 Å². The number of carboxylic acids is 1. The Hall–Kier alpha value is -1.56. The summed E-state index contributed by atoms with van der Waals surface area (Å²) in [6, 6.07) is 3.54. The predicted molar refractivity (Wildman–Crippen MR) is 75.5 cm³/mol. The highest BCUT2D eigenvalue weighted by molar-refractivity contribution is 7.09. The van der Waals surface area contributed by atoms with Crippen LogP contribution in [0.25, 0.3) is 0 Å². The Bertz CT molecular complexity index is 414. The largest absolute Gasteiger partial charge is 0.480 e. The van der Waals surface area contributed by atoms with Crippen LogP contribution in [0.4, 0.5) is 4.79 Å². The highest BCUT2D eigenvalue weighted by atomic mass is 32.1. The van der Waals surface area contributed by atoms with E-state index in [0.717, 1.165) is 6.42 Å². The van der Waals surface area contributed by atoms with Crippen LogP contribution in [-0.2, 0) is 11.2 Å². The summed E-state index contributed by atoms with van der Waals surface area (Å²) < 4.78 is 0. The number of hydrogen-bond acceptors (Lipinski definition) is 3. The molecule has 0 saturated carbocycles. The van der Waals surface area contributed by atoms with Gasteiger partial charge in [-0.25, -0.2) is 9.59 Å².